The van der Waals surface area contributed by atoms with Crippen molar-refractivity contribution in [3.63, 3.8) is 0 Å². The summed E-state index contributed by atoms with van der Waals surface area (Å²) in [6, 6.07) is 12.0. The fraction of sp³-hybridized carbons (Fsp3) is 0.176. The van der Waals surface area contributed by atoms with Gasteiger partial charge in [-0.1, -0.05) is 12.1 Å². The van der Waals surface area contributed by atoms with E-state index in [0.29, 0.717) is 12.2 Å². The maximum atomic E-state index is 12.3. The number of nitrogens with two attached hydrogens (primary N) is 1. The molecule has 0 saturated heterocycles. The Labute approximate surface area is 181 Å². The number of hydrogen-bond donors (Lipinski definition) is 1. The number of rotatable bonds is 5. The van der Waals surface area contributed by atoms with Crippen molar-refractivity contribution in [2.24, 2.45) is 4.99 Å². The average Bonchev–Trinajstić information content (AvgIpc) is 2.97. The van der Waals surface area contributed by atoms with Crippen molar-refractivity contribution in [2.45, 2.75) is 12.8 Å². The second-order valence-electron chi connectivity index (χ2n) is 5.29. The van der Waals surface area contributed by atoms with Crippen molar-refractivity contribution < 1.29 is 14.8 Å². The summed E-state index contributed by atoms with van der Waals surface area (Å²) < 4.78 is 8.49. The van der Waals surface area contributed by atoms with Crippen LogP contribution in [0.4, 0.5) is 11.4 Å². The summed E-state index contributed by atoms with van der Waals surface area (Å²) >= 11 is 6.65. The Kier molecular flexibility index (Phi) is 6.49. The molecule has 0 saturated carbocycles. The molecule has 0 fully saturated rings. The zero-order valence-electron chi connectivity index (χ0n) is 12.6. The van der Waals surface area contributed by atoms with Crippen molar-refractivity contribution in [1.82, 2.24) is 0 Å². The van der Waals surface area contributed by atoms with E-state index in [1.54, 1.807) is 0 Å². The molecule has 0 aromatic heterocycles. The number of hydrogen-bond acceptors (Lipinski definition) is 3. The number of fused-ring (bicyclic) bond motifs is 1. The first-order chi connectivity index (χ1) is 11.5. The quantitative estimate of drug-likeness (QED) is 0.171. The summed E-state index contributed by atoms with van der Waals surface area (Å²) in [4.78, 5) is 16.9. The van der Waals surface area contributed by atoms with Gasteiger partial charge in [0.15, 0.2) is 5.69 Å². The average molecular weight is 659 g/mol. The third kappa shape index (κ3) is 4.47. The van der Waals surface area contributed by atoms with Crippen LogP contribution >= 0.6 is 67.8 Å². The molecule has 7 heteroatoms. The smallest absolute Gasteiger partial charge is 0.339 e. The number of nitrogens with zero attached hydrogens (tertiary/aromatic N) is 1. The van der Waals surface area contributed by atoms with Gasteiger partial charge in [0.1, 0.15) is 5.69 Å². The first-order valence-corrected chi connectivity index (χ1v) is 10.6. The highest BCUT2D eigenvalue weighted by Crippen LogP contribution is 2.24. The van der Waals surface area contributed by atoms with Gasteiger partial charge in [-0.2, -0.15) is 4.99 Å². The molecular formula is C17H14I3N2O2+. The van der Waals surface area contributed by atoms with Crippen LogP contribution in [0.15, 0.2) is 41.4 Å². The Hall–Kier alpha value is -0.270. The monoisotopic (exact) mass is 659 g/mol. The molecule has 2 aromatic rings. The van der Waals surface area contributed by atoms with E-state index < -0.39 is 0 Å². The lowest BCUT2D eigenvalue weighted by Gasteiger charge is -2.08. The van der Waals surface area contributed by atoms with Crippen molar-refractivity contribution in [1.29, 1.82) is 0 Å². The number of ether oxygens (including phenoxy) is 1. The molecule has 3 rings (SSSR count). The molecule has 124 valence electrons. The van der Waals surface area contributed by atoms with E-state index in [1.165, 1.54) is 0 Å². The largest absolute Gasteiger partial charge is 0.462 e. The van der Waals surface area contributed by atoms with Gasteiger partial charge in [-0.15, -0.1) is 0 Å². The van der Waals surface area contributed by atoms with Crippen molar-refractivity contribution in [3.8, 4) is 0 Å². The van der Waals surface area contributed by atoms with Gasteiger partial charge in [0.05, 0.1) is 12.2 Å². The first-order valence-electron chi connectivity index (χ1n) is 7.37. The van der Waals surface area contributed by atoms with Crippen LogP contribution in [-0.2, 0) is 4.74 Å². The highest BCUT2D eigenvalue weighted by molar-refractivity contribution is 14.1. The van der Waals surface area contributed by atoms with E-state index in [9.17, 15) is 4.79 Å². The van der Waals surface area contributed by atoms with Gasteiger partial charge in [0, 0.05) is 23.2 Å². The van der Waals surface area contributed by atoms with E-state index in [1.807, 2.05) is 30.3 Å². The van der Waals surface area contributed by atoms with E-state index in [0.717, 1.165) is 40.8 Å². The third-order valence-electron chi connectivity index (χ3n) is 3.55. The first kappa shape index (κ1) is 18.5. The van der Waals surface area contributed by atoms with Gasteiger partial charge < -0.3 is 4.74 Å². The summed E-state index contributed by atoms with van der Waals surface area (Å²) in [5.41, 5.74) is 2.82. The predicted molar refractivity (Wildman–Crippen MR) is 119 cm³/mol. The van der Waals surface area contributed by atoms with Crippen molar-refractivity contribution in [3.05, 3.63) is 52.7 Å². The van der Waals surface area contributed by atoms with Crippen LogP contribution < -0.4 is 5.32 Å². The maximum Gasteiger partial charge on any atom is 0.339 e. The third-order valence-corrected chi connectivity index (χ3v) is 7.21. The number of quaternary nitrogens is 1. The number of para-hydroxylation sites is 2. The Morgan fingerprint density at radius 2 is 1.96 bits per heavy atom. The molecular weight excluding hydrogens is 645 g/mol. The summed E-state index contributed by atoms with van der Waals surface area (Å²) in [5, 5.41) is 2.10. The minimum Gasteiger partial charge on any atom is -0.462 e. The van der Waals surface area contributed by atoms with Crippen molar-refractivity contribution in [2.75, 3.05) is 6.61 Å². The molecule has 0 spiro atoms. The molecule has 2 aromatic carbocycles. The van der Waals surface area contributed by atoms with Crippen molar-refractivity contribution >= 4 is 91.0 Å². The summed E-state index contributed by atoms with van der Waals surface area (Å²) in [6.07, 6.45) is 1.58. The zero-order chi connectivity index (χ0) is 17.1. The number of amidine groups is 1. The lowest BCUT2D eigenvalue weighted by Crippen LogP contribution is -2.80. The lowest BCUT2D eigenvalue weighted by atomic mass is 10.2. The van der Waals surface area contributed by atoms with Gasteiger partial charge in [0.25, 0.3) is 0 Å². The van der Waals surface area contributed by atoms with Crippen LogP contribution in [0.2, 0.25) is 0 Å². The lowest BCUT2D eigenvalue weighted by molar-refractivity contribution is -0.441. The zero-order valence-corrected chi connectivity index (χ0v) is 19.0. The van der Waals surface area contributed by atoms with Crippen LogP contribution in [0.1, 0.15) is 23.2 Å². The fourth-order valence-electron chi connectivity index (χ4n) is 2.41. The molecule has 1 heterocycles. The normalized spacial score (nSPS) is 12.7. The minimum absolute atomic E-state index is 0.253. The number of halogens is 3. The van der Waals surface area contributed by atoms with Crippen LogP contribution in [0.25, 0.3) is 0 Å². The van der Waals surface area contributed by atoms with Crippen LogP contribution in [0, 0.1) is 10.7 Å². The SMILES string of the molecule is O=C(OCCCC1=Nc2ccccc2[NH2+]1)c1cc(I)cc(I)c1I. The molecule has 0 aliphatic carbocycles. The molecule has 4 nitrogen and oxygen atoms in total. The van der Waals surface area contributed by atoms with E-state index >= 15 is 0 Å². The molecule has 1 aliphatic rings. The van der Waals surface area contributed by atoms with Gasteiger partial charge in [-0.25, -0.2) is 4.79 Å². The number of aliphatic imine (C=N–C) groups is 1. The number of carbonyl (C=O) groups is 1. The molecule has 0 amide bonds. The van der Waals surface area contributed by atoms with Crippen LogP contribution in [0.5, 0.6) is 0 Å². The number of benzene rings is 2. The number of carbonyl (C=O) groups excluding carboxylic acids is 1. The highest BCUT2D eigenvalue weighted by Gasteiger charge is 2.19. The molecule has 2 N–H and O–H groups in total. The maximum absolute atomic E-state index is 12.3. The topological polar surface area (TPSA) is 55.3 Å². The Bertz CT molecular complexity index is 821. The minimum atomic E-state index is -0.253. The Balaban J connectivity index is 1.50. The molecule has 0 atom stereocenters. The highest BCUT2D eigenvalue weighted by atomic mass is 127. The fourth-order valence-corrected chi connectivity index (χ4v) is 4.78. The van der Waals surface area contributed by atoms with Crippen LogP contribution in [0.3, 0.4) is 0 Å². The van der Waals surface area contributed by atoms with Crippen LogP contribution in [-0.4, -0.2) is 18.4 Å². The van der Waals surface area contributed by atoms with Gasteiger partial charge in [-0.3, -0.25) is 5.32 Å². The van der Waals surface area contributed by atoms with E-state index in [-0.39, 0.29) is 5.97 Å². The standard InChI is InChI=1S/C17H13I3N2O2/c18-10-8-11(16(20)12(19)9-10)17(23)24-7-3-6-15-21-13-4-1-2-5-14(13)22-15/h1-2,4-5,8-9H,3,6-7H2,(H,21,22)/p+1. The summed E-state index contributed by atoms with van der Waals surface area (Å²) in [6.45, 7) is 0.403. The van der Waals surface area contributed by atoms with E-state index in [2.05, 4.69) is 84.1 Å². The summed E-state index contributed by atoms with van der Waals surface area (Å²) in [7, 11) is 0. The van der Waals surface area contributed by atoms with Gasteiger partial charge in [0.2, 0.25) is 5.84 Å². The second-order valence-corrected chi connectivity index (χ2v) is 8.78. The van der Waals surface area contributed by atoms with Gasteiger partial charge >= 0.3 is 5.97 Å². The molecule has 0 bridgehead atoms. The number of esters is 1. The molecule has 24 heavy (non-hydrogen) atoms. The Morgan fingerprint density at radius 3 is 2.75 bits per heavy atom. The molecule has 1 aliphatic heterocycles. The second kappa shape index (κ2) is 8.41. The molecule has 0 radical (unpaired) electrons. The molecule has 0 unspecified atom stereocenters. The van der Waals surface area contributed by atoms with Gasteiger partial charge in [-0.05, 0) is 92.4 Å². The Morgan fingerprint density at radius 1 is 1.17 bits per heavy atom. The summed E-state index contributed by atoms with van der Waals surface area (Å²) in [5.74, 6) is 0.794. The predicted octanol–water partition coefficient (Wildman–Crippen LogP) is 4.38. The van der Waals surface area contributed by atoms with E-state index in [4.69, 9.17) is 4.74 Å².